The highest BCUT2D eigenvalue weighted by Gasteiger charge is 2.23. The number of hydrogen-bond acceptors (Lipinski definition) is 4. The van der Waals surface area contributed by atoms with E-state index in [2.05, 4.69) is 36.1 Å². The molecule has 1 aromatic heterocycles. The van der Waals surface area contributed by atoms with Crippen molar-refractivity contribution in [2.75, 3.05) is 18.5 Å². The maximum atomic E-state index is 4.57. The lowest BCUT2D eigenvalue weighted by Crippen LogP contribution is -2.34. The Balaban J connectivity index is 1.91. The Labute approximate surface area is 115 Å². The van der Waals surface area contributed by atoms with Crippen LogP contribution in [0.15, 0.2) is 6.20 Å². The number of nitrogens with one attached hydrogen (secondary N) is 1. The molecule has 1 fully saturated rings. The average Bonchev–Trinajstić information content (AvgIpc) is 2.85. The second kappa shape index (κ2) is 6.53. The van der Waals surface area contributed by atoms with Gasteiger partial charge in [0.2, 0.25) is 0 Å². The zero-order valence-electron chi connectivity index (χ0n) is 11.8. The Morgan fingerprint density at radius 3 is 2.78 bits per heavy atom. The van der Waals surface area contributed by atoms with Crippen molar-refractivity contribution in [3.8, 4) is 0 Å². The minimum absolute atomic E-state index is 0.694. The molecule has 0 unspecified atom stereocenters. The molecule has 1 saturated carbocycles. The van der Waals surface area contributed by atoms with Gasteiger partial charge in [-0.15, -0.1) is 11.3 Å². The highest BCUT2D eigenvalue weighted by atomic mass is 32.1. The zero-order chi connectivity index (χ0) is 13.0. The van der Waals surface area contributed by atoms with Crippen LogP contribution in [-0.2, 0) is 6.54 Å². The van der Waals surface area contributed by atoms with Crippen LogP contribution < -0.4 is 10.2 Å². The normalized spacial score (nSPS) is 24.2. The first-order valence-electron chi connectivity index (χ1n) is 7.09. The summed E-state index contributed by atoms with van der Waals surface area (Å²) in [5, 5.41) is 4.54. The molecule has 0 aromatic carbocycles. The largest absolute Gasteiger partial charge is 0.348 e. The minimum Gasteiger partial charge on any atom is -0.348 e. The highest BCUT2D eigenvalue weighted by Crippen LogP contribution is 2.31. The van der Waals surface area contributed by atoms with Gasteiger partial charge in [0.15, 0.2) is 5.13 Å². The van der Waals surface area contributed by atoms with E-state index in [0.717, 1.165) is 19.0 Å². The van der Waals surface area contributed by atoms with Crippen molar-refractivity contribution in [2.45, 2.75) is 52.1 Å². The summed E-state index contributed by atoms with van der Waals surface area (Å²) < 4.78 is 0. The summed E-state index contributed by atoms with van der Waals surface area (Å²) in [6.07, 6.45) is 7.39. The second-order valence-corrected chi connectivity index (χ2v) is 6.51. The van der Waals surface area contributed by atoms with Gasteiger partial charge >= 0.3 is 0 Å². The first-order valence-corrected chi connectivity index (χ1v) is 7.90. The van der Waals surface area contributed by atoms with Gasteiger partial charge in [-0.2, -0.15) is 0 Å². The van der Waals surface area contributed by atoms with E-state index in [1.807, 2.05) is 17.5 Å². The van der Waals surface area contributed by atoms with Crippen LogP contribution in [0, 0.1) is 5.92 Å². The van der Waals surface area contributed by atoms with E-state index in [0.29, 0.717) is 6.04 Å². The molecule has 1 heterocycles. The summed E-state index contributed by atoms with van der Waals surface area (Å²) in [5.41, 5.74) is 0. The molecule has 4 heteroatoms. The minimum atomic E-state index is 0.694. The Morgan fingerprint density at radius 1 is 1.39 bits per heavy atom. The Morgan fingerprint density at radius 2 is 2.11 bits per heavy atom. The Hall–Kier alpha value is -0.610. The van der Waals surface area contributed by atoms with E-state index in [4.69, 9.17) is 0 Å². The number of hydrogen-bond donors (Lipinski definition) is 1. The molecule has 0 saturated heterocycles. The van der Waals surface area contributed by atoms with Crippen LogP contribution in [0.1, 0.15) is 44.4 Å². The van der Waals surface area contributed by atoms with Gasteiger partial charge in [0.1, 0.15) is 0 Å². The van der Waals surface area contributed by atoms with Crippen LogP contribution >= 0.6 is 11.3 Å². The molecular weight excluding hydrogens is 242 g/mol. The first kappa shape index (κ1) is 13.8. The maximum Gasteiger partial charge on any atom is 0.185 e. The molecule has 0 amide bonds. The smallest absolute Gasteiger partial charge is 0.185 e. The molecular formula is C14H25N3S. The zero-order valence-corrected chi connectivity index (χ0v) is 12.6. The molecule has 1 N–H and O–H groups in total. The van der Waals surface area contributed by atoms with Crippen LogP contribution in [0.5, 0.6) is 0 Å². The highest BCUT2D eigenvalue weighted by molar-refractivity contribution is 7.15. The third-order valence-corrected chi connectivity index (χ3v) is 5.01. The van der Waals surface area contributed by atoms with Crippen LogP contribution in [-0.4, -0.2) is 24.6 Å². The summed E-state index contributed by atoms with van der Waals surface area (Å²) >= 11 is 1.83. The molecule has 0 bridgehead atoms. The summed E-state index contributed by atoms with van der Waals surface area (Å²) in [7, 11) is 2.20. The summed E-state index contributed by atoms with van der Waals surface area (Å²) in [5.74, 6) is 0.912. The number of aromatic nitrogens is 1. The molecule has 2 rings (SSSR count). The fourth-order valence-electron chi connectivity index (χ4n) is 2.58. The van der Waals surface area contributed by atoms with Crippen LogP contribution in [0.3, 0.4) is 0 Å². The topological polar surface area (TPSA) is 28.2 Å². The molecule has 1 aliphatic rings. The third kappa shape index (κ3) is 3.45. The number of rotatable bonds is 5. The van der Waals surface area contributed by atoms with Gasteiger partial charge in [0, 0.05) is 30.7 Å². The number of anilines is 1. The van der Waals surface area contributed by atoms with Gasteiger partial charge in [-0.05, 0) is 38.1 Å². The van der Waals surface area contributed by atoms with Crippen molar-refractivity contribution in [1.82, 2.24) is 10.3 Å². The molecule has 102 valence electrons. The number of nitrogens with zero attached hydrogens (tertiary/aromatic N) is 2. The third-order valence-electron chi connectivity index (χ3n) is 3.93. The van der Waals surface area contributed by atoms with Crippen molar-refractivity contribution < 1.29 is 0 Å². The molecule has 1 aromatic rings. The summed E-state index contributed by atoms with van der Waals surface area (Å²) in [4.78, 5) is 8.30. The lowest BCUT2D eigenvalue weighted by molar-refractivity contribution is 0.340. The van der Waals surface area contributed by atoms with Gasteiger partial charge in [-0.3, -0.25) is 0 Å². The maximum absolute atomic E-state index is 4.57. The van der Waals surface area contributed by atoms with E-state index in [9.17, 15) is 0 Å². The second-order valence-electron chi connectivity index (χ2n) is 5.41. The molecule has 18 heavy (non-hydrogen) atoms. The lowest BCUT2D eigenvalue weighted by atomic mass is 9.87. The van der Waals surface area contributed by atoms with Crippen molar-refractivity contribution in [2.24, 2.45) is 5.92 Å². The SMILES string of the molecule is CCNCc1cnc(N(C)C2CCC(C)CC2)s1. The predicted octanol–water partition coefficient (Wildman–Crippen LogP) is 3.27. The average molecular weight is 267 g/mol. The van der Waals surface area contributed by atoms with E-state index >= 15 is 0 Å². The Bertz CT molecular complexity index is 356. The molecule has 0 aliphatic heterocycles. The molecule has 0 atom stereocenters. The quantitative estimate of drug-likeness (QED) is 0.887. The van der Waals surface area contributed by atoms with Crippen LogP contribution in [0.4, 0.5) is 5.13 Å². The van der Waals surface area contributed by atoms with E-state index in [-0.39, 0.29) is 0 Å². The van der Waals surface area contributed by atoms with Crippen molar-refractivity contribution in [3.05, 3.63) is 11.1 Å². The van der Waals surface area contributed by atoms with E-state index in [1.54, 1.807) is 0 Å². The molecule has 3 nitrogen and oxygen atoms in total. The van der Waals surface area contributed by atoms with Gasteiger partial charge < -0.3 is 10.2 Å². The fourth-order valence-corrected chi connectivity index (χ4v) is 3.49. The van der Waals surface area contributed by atoms with Gasteiger partial charge in [0.25, 0.3) is 0 Å². The molecule has 0 spiro atoms. The first-order chi connectivity index (χ1) is 8.70. The van der Waals surface area contributed by atoms with E-state index < -0.39 is 0 Å². The van der Waals surface area contributed by atoms with Gasteiger partial charge in [-0.25, -0.2) is 4.98 Å². The van der Waals surface area contributed by atoms with Crippen LogP contribution in [0.25, 0.3) is 0 Å². The molecule has 1 aliphatic carbocycles. The molecule has 0 radical (unpaired) electrons. The number of thiazole rings is 1. The summed E-state index contributed by atoms with van der Waals surface area (Å²) in [6.45, 7) is 6.47. The lowest BCUT2D eigenvalue weighted by Gasteiger charge is -2.33. The van der Waals surface area contributed by atoms with Crippen molar-refractivity contribution in [1.29, 1.82) is 0 Å². The van der Waals surface area contributed by atoms with E-state index in [1.165, 1.54) is 35.7 Å². The van der Waals surface area contributed by atoms with Gasteiger partial charge in [-0.1, -0.05) is 13.8 Å². The van der Waals surface area contributed by atoms with Crippen molar-refractivity contribution >= 4 is 16.5 Å². The summed E-state index contributed by atoms with van der Waals surface area (Å²) in [6, 6.07) is 0.694. The van der Waals surface area contributed by atoms with Gasteiger partial charge in [0.05, 0.1) is 0 Å². The van der Waals surface area contributed by atoms with Crippen LogP contribution in [0.2, 0.25) is 0 Å². The Kier molecular flexibility index (Phi) is 5.01. The fraction of sp³-hybridized carbons (Fsp3) is 0.786. The standard InChI is InChI=1S/C14H25N3S/c1-4-15-9-13-10-16-14(18-13)17(3)12-7-5-11(2)6-8-12/h10-12,15H,4-9H2,1-3H3. The van der Waals surface area contributed by atoms with Crippen molar-refractivity contribution in [3.63, 3.8) is 0 Å². The monoisotopic (exact) mass is 267 g/mol. The predicted molar refractivity (Wildman–Crippen MR) is 79.3 cm³/mol.